The van der Waals surface area contributed by atoms with E-state index in [0.29, 0.717) is 11.2 Å². The summed E-state index contributed by atoms with van der Waals surface area (Å²) in [7, 11) is 0. The topological polar surface area (TPSA) is 68.1 Å². The fourth-order valence-corrected chi connectivity index (χ4v) is 1.47. The van der Waals surface area contributed by atoms with E-state index in [1.807, 2.05) is 13.8 Å². The molecule has 1 aromatic rings. The highest BCUT2D eigenvalue weighted by atomic mass is 32.1. The summed E-state index contributed by atoms with van der Waals surface area (Å²) in [5.41, 5.74) is 0. The summed E-state index contributed by atoms with van der Waals surface area (Å²) in [5.74, 6) is 0. The minimum atomic E-state index is -0.431. The zero-order chi connectivity index (χ0) is 9.84. The van der Waals surface area contributed by atoms with Gasteiger partial charge in [0.15, 0.2) is 5.13 Å². The van der Waals surface area contributed by atoms with Gasteiger partial charge in [-0.2, -0.15) is 0 Å². The Bertz CT molecular complexity index is 300. The Hall–Kier alpha value is -1.17. The molecule has 0 aliphatic carbocycles. The summed E-state index contributed by atoms with van der Waals surface area (Å²) >= 11 is 1.06. The molecule has 72 valence electrons. The highest BCUT2D eigenvalue weighted by Gasteiger charge is 2.11. The second-order valence-electron chi connectivity index (χ2n) is 2.71. The lowest BCUT2D eigenvalue weighted by Gasteiger charge is -2.07. The molecule has 1 N–H and O–H groups in total. The molecule has 1 heterocycles. The van der Waals surface area contributed by atoms with Crippen LogP contribution in [0.4, 0.5) is 10.1 Å². The number of aromatic nitrogens is 1. The Labute approximate surface area is 80.0 Å². The van der Waals surface area contributed by atoms with Gasteiger partial charge in [-0.05, 0) is 24.7 Å². The fraction of sp³-hybridized carbons (Fsp3) is 0.571. The molecule has 0 bridgehead atoms. The highest BCUT2D eigenvalue weighted by molar-refractivity contribution is 7.18. The summed E-state index contributed by atoms with van der Waals surface area (Å²) in [5, 5.41) is 14.1. The fourth-order valence-electron chi connectivity index (χ4n) is 0.730. The third kappa shape index (κ3) is 2.66. The van der Waals surface area contributed by atoms with E-state index in [1.165, 1.54) is 6.20 Å². The van der Waals surface area contributed by atoms with E-state index >= 15 is 0 Å². The minimum Gasteiger partial charge on any atom is -0.359 e. The molecule has 1 atom stereocenters. The van der Waals surface area contributed by atoms with Crippen LogP contribution in [0.25, 0.3) is 0 Å². The maximum Gasteiger partial charge on any atom is 0.345 e. The van der Waals surface area contributed by atoms with E-state index in [0.717, 1.165) is 17.8 Å². The van der Waals surface area contributed by atoms with Crippen molar-refractivity contribution in [2.45, 2.75) is 26.3 Å². The van der Waals surface area contributed by atoms with E-state index in [-0.39, 0.29) is 5.00 Å². The van der Waals surface area contributed by atoms with Crippen molar-refractivity contribution in [3.05, 3.63) is 16.3 Å². The third-order valence-electron chi connectivity index (χ3n) is 1.66. The SMILES string of the molecule is CCC(C)Nc1ncc([N+](=O)[O-])s1. The molecule has 0 spiro atoms. The number of rotatable bonds is 4. The maximum absolute atomic E-state index is 10.3. The van der Waals surface area contributed by atoms with Crippen molar-refractivity contribution in [3.8, 4) is 0 Å². The molecule has 1 rings (SSSR count). The average Bonchev–Trinajstić information content (AvgIpc) is 2.52. The van der Waals surface area contributed by atoms with Crippen LogP contribution in [-0.4, -0.2) is 15.9 Å². The molecule has 6 heteroatoms. The second kappa shape index (κ2) is 4.18. The van der Waals surface area contributed by atoms with Crippen molar-refractivity contribution in [2.24, 2.45) is 0 Å². The lowest BCUT2D eigenvalue weighted by molar-refractivity contribution is -0.380. The molecule has 0 aliphatic rings. The molecule has 0 saturated heterocycles. The van der Waals surface area contributed by atoms with Gasteiger partial charge in [0.25, 0.3) is 0 Å². The van der Waals surface area contributed by atoms with Gasteiger partial charge in [-0.1, -0.05) is 6.92 Å². The Morgan fingerprint density at radius 2 is 2.54 bits per heavy atom. The van der Waals surface area contributed by atoms with E-state index in [4.69, 9.17) is 0 Å². The van der Waals surface area contributed by atoms with Crippen molar-refractivity contribution in [3.63, 3.8) is 0 Å². The van der Waals surface area contributed by atoms with E-state index in [9.17, 15) is 10.1 Å². The summed E-state index contributed by atoms with van der Waals surface area (Å²) in [6, 6.07) is 0.297. The number of anilines is 1. The highest BCUT2D eigenvalue weighted by Crippen LogP contribution is 2.25. The predicted molar refractivity (Wildman–Crippen MR) is 52.1 cm³/mol. The molecule has 0 aliphatic heterocycles. The van der Waals surface area contributed by atoms with Crippen LogP contribution in [0.15, 0.2) is 6.20 Å². The van der Waals surface area contributed by atoms with E-state index < -0.39 is 4.92 Å². The number of hydrogen-bond acceptors (Lipinski definition) is 5. The van der Waals surface area contributed by atoms with Crippen LogP contribution < -0.4 is 5.32 Å². The Morgan fingerprint density at radius 1 is 1.85 bits per heavy atom. The first-order chi connectivity index (χ1) is 6.13. The number of hydrogen-bond donors (Lipinski definition) is 1. The lowest BCUT2D eigenvalue weighted by atomic mass is 10.3. The molecule has 0 aromatic carbocycles. The molecular weight excluding hydrogens is 190 g/mol. The van der Waals surface area contributed by atoms with E-state index in [1.54, 1.807) is 0 Å². The molecule has 0 saturated carbocycles. The second-order valence-corrected chi connectivity index (χ2v) is 3.72. The number of nitrogens with one attached hydrogen (secondary N) is 1. The van der Waals surface area contributed by atoms with Gasteiger partial charge in [-0.15, -0.1) is 0 Å². The normalized spacial score (nSPS) is 12.5. The molecule has 0 fully saturated rings. The summed E-state index contributed by atoms with van der Waals surface area (Å²) in [6.07, 6.45) is 2.24. The largest absolute Gasteiger partial charge is 0.359 e. The quantitative estimate of drug-likeness (QED) is 0.599. The predicted octanol–water partition coefficient (Wildman–Crippen LogP) is 2.26. The molecule has 13 heavy (non-hydrogen) atoms. The minimum absolute atomic E-state index is 0.0748. The molecule has 1 aromatic heterocycles. The first-order valence-corrected chi connectivity index (χ1v) is 4.82. The lowest BCUT2D eigenvalue weighted by Crippen LogP contribution is -2.12. The van der Waals surface area contributed by atoms with Crippen LogP contribution in [-0.2, 0) is 0 Å². The average molecular weight is 201 g/mol. The van der Waals surface area contributed by atoms with E-state index in [2.05, 4.69) is 10.3 Å². The molecule has 5 nitrogen and oxygen atoms in total. The van der Waals surface area contributed by atoms with Gasteiger partial charge in [-0.25, -0.2) is 4.98 Å². The summed E-state index contributed by atoms with van der Waals surface area (Å²) in [6.45, 7) is 4.05. The van der Waals surface area contributed by atoms with Gasteiger partial charge < -0.3 is 5.32 Å². The van der Waals surface area contributed by atoms with Gasteiger partial charge in [0.1, 0.15) is 6.20 Å². The van der Waals surface area contributed by atoms with Crippen LogP contribution in [0.1, 0.15) is 20.3 Å². The van der Waals surface area contributed by atoms with Gasteiger partial charge in [0.2, 0.25) is 0 Å². The third-order valence-corrected chi connectivity index (χ3v) is 2.54. The van der Waals surface area contributed by atoms with Crippen molar-refractivity contribution in [2.75, 3.05) is 5.32 Å². The number of nitro groups is 1. The summed E-state index contributed by atoms with van der Waals surface area (Å²) in [4.78, 5) is 13.8. The standard InChI is InChI=1S/C7H11N3O2S/c1-3-5(2)9-7-8-4-6(13-7)10(11)12/h4-5H,3H2,1-2H3,(H,8,9). The zero-order valence-corrected chi connectivity index (χ0v) is 8.30. The van der Waals surface area contributed by atoms with Crippen LogP contribution >= 0.6 is 11.3 Å². The smallest absolute Gasteiger partial charge is 0.345 e. The Morgan fingerprint density at radius 3 is 3.00 bits per heavy atom. The van der Waals surface area contributed by atoms with Crippen LogP contribution in [0.3, 0.4) is 0 Å². The first kappa shape index (κ1) is 9.91. The molecule has 0 radical (unpaired) electrons. The van der Waals surface area contributed by atoms with Crippen molar-refractivity contribution in [1.29, 1.82) is 0 Å². The van der Waals surface area contributed by atoms with Crippen molar-refractivity contribution < 1.29 is 4.92 Å². The summed E-state index contributed by atoms with van der Waals surface area (Å²) < 4.78 is 0. The molecular formula is C7H11N3O2S. The molecule has 0 amide bonds. The van der Waals surface area contributed by atoms with Crippen molar-refractivity contribution >= 4 is 21.5 Å². The monoisotopic (exact) mass is 201 g/mol. The van der Waals surface area contributed by atoms with Crippen LogP contribution in [0, 0.1) is 10.1 Å². The van der Waals surface area contributed by atoms with Crippen LogP contribution in [0.2, 0.25) is 0 Å². The van der Waals surface area contributed by atoms with Crippen LogP contribution in [0.5, 0.6) is 0 Å². The first-order valence-electron chi connectivity index (χ1n) is 4.00. The van der Waals surface area contributed by atoms with Gasteiger partial charge >= 0.3 is 5.00 Å². The van der Waals surface area contributed by atoms with Crippen molar-refractivity contribution in [1.82, 2.24) is 4.98 Å². The number of nitrogens with zero attached hydrogens (tertiary/aromatic N) is 2. The number of thiazole rings is 1. The zero-order valence-electron chi connectivity index (χ0n) is 7.48. The molecule has 1 unspecified atom stereocenters. The Kier molecular flexibility index (Phi) is 3.18. The van der Waals surface area contributed by atoms with Gasteiger partial charge in [-0.3, -0.25) is 10.1 Å². The Balaban J connectivity index is 2.64. The van der Waals surface area contributed by atoms with Gasteiger partial charge in [0, 0.05) is 6.04 Å². The maximum atomic E-state index is 10.3. The van der Waals surface area contributed by atoms with Gasteiger partial charge in [0.05, 0.1) is 4.92 Å².